The van der Waals surface area contributed by atoms with Crippen molar-refractivity contribution >= 4 is 59.2 Å². The van der Waals surface area contributed by atoms with Crippen LogP contribution >= 0.6 is 0 Å². The van der Waals surface area contributed by atoms with E-state index in [2.05, 4.69) is 181 Å². The summed E-state index contributed by atoms with van der Waals surface area (Å²) in [6, 6.07) is 23.2. The van der Waals surface area contributed by atoms with Gasteiger partial charge in [-0.1, -0.05) is 131 Å². The molecule has 0 nitrogen and oxygen atoms in total. The number of benzene rings is 5. The Labute approximate surface area is 294 Å². The Bertz CT molecular complexity index is 1940. The molecule has 5 rings (SSSR count). The molecular weight excluding hydrogens is 609 g/mol. The Balaban J connectivity index is 2.06. The van der Waals surface area contributed by atoms with Crippen LogP contribution in [0.5, 0.6) is 0 Å². The van der Waals surface area contributed by atoms with Gasteiger partial charge in [-0.15, -0.1) is 11.1 Å². The van der Waals surface area contributed by atoms with E-state index in [-0.39, 0.29) is 0 Å². The molecule has 0 saturated carbocycles. The van der Waals surface area contributed by atoms with Crippen molar-refractivity contribution in [1.29, 1.82) is 0 Å². The maximum atomic E-state index is 4.13. The van der Waals surface area contributed by atoms with Gasteiger partial charge in [0.25, 0.3) is 0 Å². The lowest BCUT2D eigenvalue weighted by Gasteiger charge is -2.38. The maximum absolute atomic E-state index is 4.13. The highest BCUT2D eigenvalue weighted by molar-refractivity contribution is 6.91. The molecule has 0 heterocycles. The fraction of sp³-hybridized carbons (Fsp3) is 0.435. The minimum absolute atomic E-state index is 0.570. The lowest BCUT2D eigenvalue weighted by molar-refractivity contribution is 0.838. The van der Waals surface area contributed by atoms with Crippen LogP contribution in [0.15, 0.2) is 60.7 Å². The predicted molar refractivity (Wildman–Crippen MR) is 222 cm³/mol. The van der Waals surface area contributed by atoms with Crippen molar-refractivity contribution in [3.05, 3.63) is 82.9 Å². The summed E-state index contributed by atoms with van der Waals surface area (Å²) >= 11 is 0. The molecule has 0 aliphatic carbocycles. The molecule has 0 bridgehead atoms. The molecule has 0 radical (unpaired) electrons. The van der Waals surface area contributed by atoms with Crippen molar-refractivity contribution in [2.75, 3.05) is 0 Å². The monoisotopic (exact) mass is 666 g/mol. The van der Waals surface area contributed by atoms with E-state index in [1.807, 2.05) is 0 Å². The molecule has 2 heteroatoms. The first-order valence-electron chi connectivity index (χ1n) is 18.5. The summed E-state index contributed by atoms with van der Waals surface area (Å²) in [7, 11) is -3.97. The van der Waals surface area contributed by atoms with E-state index in [1.165, 1.54) is 65.3 Å². The number of rotatable bonds is 6. The molecule has 48 heavy (non-hydrogen) atoms. The van der Waals surface area contributed by atoms with E-state index >= 15 is 0 Å². The minimum atomic E-state index is -1.98. The molecule has 0 aliphatic rings. The average molecular weight is 667 g/mol. The quantitative estimate of drug-likeness (QED) is 0.0961. The first-order chi connectivity index (χ1) is 22.6. The Hall–Kier alpha value is -3.31. The van der Waals surface area contributed by atoms with Crippen molar-refractivity contribution in [2.24, 2.45) is 0 Å². The summed E-state index contributed by atoms with van der Waals surface area (Å²) in [5, 5.41) is 10.1. The Kier molecular flexibility index (Phi) is 10.2. The van der Waals surface area contributed by atoms with Gasteiger partial charge in [-0.25, -0.2) is 0 Å². The smallest absolute Gasteiger partial charge is 0.125 e. The SMILES string of the molecule is Cc1cc2cc3c(C#C[Si](C(C)C)(C(C)C)C(C)C)c4cc5ccccc5cc4c(C#C[Si](C(C)C)(C(C)C)C(C)C)c3cc2cc1C. The summed E-state index contributed by atoms with van der Waals surface area (Å²) in [6.45, 7) is 33.4. The average Bonchev–Trinajstić information content (AvgIpc) is 3.00. The summed E-state index contributed by atoms with van der Waals surface area (Å²) in [6.07, 6.45) is 0. The second-order valence-electron chi connectivity index (χ2n) is 16.5. The van der Waals surface area contributed by atoms with Crippen LogP contribution in [0.2, 0.25) is 33.2 Å². The Morgan fingerprint density at radius 3 is 0.938 bits per heavy atom. The highest BCUT2D eigenvalue weighted by Gasteiger charge is 2.43. The van der Waals surface area contributed by atoms with Crippen LogP contribution in [-0.2, 0) is 0 Å². The molecule has 5 aromatic carbocycles. The van der Waals surface area contributed by atoms with Gasteiger partial charge in [-0.05, 0) is 126 Å². The van der Waals surface area contributed by atoms with Gasteiger partial charge in [0.1, 0.15) is 16.1 Å². The molecular formula is C46H58Si2. The van der Waals surface area contributed by atoms with Gasteiger partial charge in [-0.3, -0.25) is 0 Å². The summed E-state index contributed by atoms with van der Waals surface area (Å²) < 4.78 is 0. The zero-order valence-electron chi connectivity index (χ0n) is 32.2. The molecule has 250 valence electrons. The summed E-state index contributed by atoms with van der Waals surface area (Å²) in [5.41, 5.74) is 16.7. The molecule has 0 unspecified atom stereocenters. The number of fused-ring (bicyclic) bond motifs is 4. The van der Waals surface area contributed by atoms with Crippen LogP contribution in [0.25, 0.3) is 43.1 Å². The molecule has 5 aromatic rings. The molecule has 0 amide bonds. The first-order valence-corrected chi connectivity index (χ1v) is 22.9. The molecule has 0 aromatic heterocycles. The van der Waals surface area contributed by atoms with Gasteiger partial charge >= 0.3 is 0 Å². The summed E-state index contributed by atoms with van der Waals surface area (Å²) in [4.78, 5) is 0. The van der Waals surface area contributed by atoms with Crippen molar-refractivity contribution in [1.82, 2.24) is 0 Å². The van der Waals surface area contributed by atoms with Crippen LogP contribution in [-0.4, -0.2) is 16.1 Å². The van der Waals surface area contributed by atoms with E-state index in [0.29, 0.717) is 33.2 Å². The predicted octanol–water partition coefficient (Wildman–Crippen LogP) is 14.1. The fourth-order valence-electron chi connectivity index (χ4n) is 9.41. The third-order valence-corrected chi connectivity index (χ3v) is 24.7. The topological polar surface area (TPSA) is 0 Å². The fourth-order valence-corrected chi connectivity index (χ4v) is 19.8. The number of hydrogen-bond donors (Lipinski definition) is 0. The van der Waals surface area contributed by atoms with Crippen LogP contribution in [0.1, 0.15) is 105 Å². The Morgan fingerprint density at radius 2 is 0.667 bits per heavy atom. The van der Waals surface area contributed by atoms with Crippen molar-refractivity contribution in [3.8, 4) is 22.9 Å². The molecule has 0 atom stereocenters. The van der Waals surface area contributed by atoms with Gasteiger partial charge in [-0.2, -0.15) is 0 Å². The highest BCUT2D eigenvalue weighted by Crippen LogP contribution is 2.44. The molecule has 0 N–H and O–H groups in total. The van der Waals surface area contributed by atoms with Gasteiger partial charge in [0.15, 0.2) is 0 Å². The molecule has 0 aliphatic heterocycles. The summed E-state index contributed by atoms with van der Waals surface area (Å²) in [5.74, 6) is 7.99. The number of hydrogen-bond acceptors (Lipinski definition) is 0. The largest absolute Gasteiger partial charge is 0.146 e. The van der Waals surface area contributed by atoms with Gasteiger partial charge in [0.05, 0.1) is 0 Å². The van der Waals surface area contributed by atoms with E-state index in [1.54, 1.807) is 0 Å². The molecule has 0 saturated heterocycles. The minimum Gasteiger partial charge on any atom is -0.125 e. The second-order valence-corrected chi connectivity index (χ2v) is 27.6. The van der Waals surface area contributed by atoms with Crippen molar-refractivity contribution < 1.29 is 0 Å². The van der Waals surface area contributed by atoms with Crippen LogP contribution in [0, 0.1) is 36.8 Å². The zero-order valence-corrected chi connectivity index (χ0v) is 34.2. The van der Waals surface area contributed by atoms with Gasteiger partial charge in [0, 0.05) is 11.1 Å². The number of aryl methyl sites for hydroxylation is 2. The third kappa shape index (κ3) is 5.95. The lowest BCUT2D eigenvalue weighted by Crippen LogP contribution is -2.43. The Morgan fingerprint density at radius 1 is 0.396 bits per heavy atom. The van der Waals surface area contributed by atoms with Gasteiger partial charge < -0.3 is 0 Å². The lowest BCUT2D eigenvalue weighted by atomic mass is 9.88. The van der Waals surface area contributed by atoms with Crippen molar-refractivity contribution in [2.45, 2.75) is 130 Å². The molecule has 0 fully saturated rings. The van der Waals surface area contributed by atoms with Crippen LogP contribution < -0.4 is 0 Å². The van der Waals surface area contributed by atoms with Gasteiger partial charge in [0.2, 0.25) is 0 Å². The normalized spacial score (nSPS) is 12.8. The van der Waals surface area contributed by atoms with E-state index in [0.717, 1.165) is 0 Å². The third-order valence-electron chi connectivity index (χ3n) is 12.1. The zero-order chi connectivity index (χ0) is 35.3. The molecule has 0 spiro atoms. The van der Waals surface area contributed by atoms with Crippen LogP contribution in [0.4, 0.5) is 0 Å². The van der Waals surface area contributed by atoms with E-state index < -0.39 is 16.1 Å². The van der Waals surface area contributed by atoms with Crippen molar-refractivity contribution in [3.63, 3.8) is 0 Å². The maximum Gasteiger partial charge on any atom is 0.146 e. The first kappa shape index (κ1) is 36.0. The van der Waals surface area contributed by atoms with E-state index in [9.17, 15) is 0 Å². The van der Waals surface area contributed by atoms with Crippen LogP contribution in [0.3, 0.4) is 0 Å². The second kappa shape index (κ2) is 13.5. The standard InChI is InChI=1S/C46H58Si2/c1-29(2)47(30(3)4,31(5)6)21-19-41-43-25-37-17-15-16-18-38(37)26-44(43)42(20-22-48(32(7)8,33(9)10)34(11)12)46-28-40-24-36(14)35(13)23-39(40)27-45(41)46/h15-18,23-34H,1-14H3. The highest BCUT2D eigenvalue weighted by atomic mass is 28.3. The van der Waals surface area contributed by atoms with E-state index in [4.69, 9.17) is 0 Å².